The molecule has 0 atom stereocenters. The van der Waals surface area contributed by atoms with Crippen LogP contribution in [-0.4, -0.2) is 31.8 Å². The van der Waals surface area contributed by atoms with E-state index in [9.17, 15) is 0 Å². The standard InChI is InChI=1S/C25H27N5O/c1-5-20(12-11-18(2)3)25-28-27-23-17-29(15-19-9-7-6-8-10-19)16-21-22(30(23)25)13-14-24(26-21)31-4/h5-14H,1,15-17H2,2-4H3/b20-12+. The van der Waals surface area contributed by atoms with Gasteiger partial charge in [0.15, 0.2) is 11.6 Å². The van der Waals surface area contributed by atoms with Crippen LogP contribution in [0.1, 0.15) is 36.8 Å². The van der Waals surface area contributed by atoms with Crippen molar-refractivity contribution < 1.29 is 4.74 Å². The van der Waals surface area contributed by atoms with Crippen LogP contribution in [0.15, 0.2) is 72.8 Å². The van der Waals surface area contributed by atoms with E-state index in [1.165, 1.54) is 11.1 Å². The molecule has 0 amide bonds. The number of hydrogen-bond donors (Lipinski definition) is 0. The van der Waals surface area contributed by atoms with Crippen molar-refractivity contribution in [3.63, 3.8) is 0 Å². The number of hydrogen-bond acceptors (Lipinski definition) is 5. The van der Waals surface area contributed by atoms with Gasteiger partial charge < -0.3 is 4.74 Å². The van der Waals surface area contributed by atoms with Crippen molar-refractivity contribution in [2.75, 3.05) is 7.11 Å². The molecule has 0 N–H and O–H groups in total. The molecule has 0 radical (unpaired) electrons. The Balaban J connectivity index is 1.82. The molecule has 0 fully saturated rings. The number of ether oxygens (including phenoxy) is 1. The summed E-state index contributed by atoms with van der Waals surface area (Å²) < 4.78 is 7.50. The van der Waals surface area contributed by atoms with E-state index in [0.717, 1.165) is 35.1 Å². The number of pyridine rings is 1. The molecule has 6 nitrogen and oxygen atoms in total. The monoisotopic (exact) mass is 413 g/mol. The van der Waals surface area contributed by atoms with Gasteiger partial charge in [-0.1, -0.05) is 60.7 Å². The van der Waals surface area contributed by atoms with Crippen LogP contribution in [0.2, 0.25) is 0 Å². The number of fused-ring (bicyclic) bond motifs is 3. The van der Waals surface area contributed by atoms with E-state index in [4.69, 9.17) is 9.72 Å². The lowest BCUT2D eigenvalue weighted by Gasteiger charge is -2.19. The molecule has 2 aromatic heterocycles. The van der Waals surface area contributed by atoms with E-state index >= 15 is 0 Å². The Morgan fingerprint density at radius 3 is 2.58 bits per heavy atom. The fraction of sp³-hybridized carbons (Fsp3) is 0.240. The lowest BCUT2D eigenvalue weighted by molar-refractivity contribution is 0.241. The van der Waals surface area contributed by atoms with Gasteiger partial charge in [-0.15, -0.1) is 10.2 Å². The molecule has 31 heavy (non-hydrogen) atoms. The molecule has 0 unspecified atom stereocenters. The zero-order valence-corrected chi connectivity index (χ0v) is 18.2. The maximum atomic E-state index is 5.40. The SMILES string of the molecule is C=C/C(=C\C=C(C)C)c1nnc2n1-c1ccc(OC)nc1CN(Cc1ccccc1)C2. The third-order valence-electron chi connectivity index (χ3n) is 5.17. The predicted octanol–water partition coefficient (Wildman–Crippen LogP) is 4.72. The Kier molecular flexibility index (Phi) is 6.09. The van der Waals surface area contributed by atoms with E-state index in [2.05, 4.69) is 70.4 Å². The second-order valence-corrected chi connectivity index (χ2v) is 7.80. The Morgan fingerprint density at radius 2 is 1.87 bits per heavy atom. The van der Waals surface area contributed by atoms with Crippen molar-refractivity contribution in [3.8, 4) is 11.6 Å². The molecule has 1 aliphatic rings. The maximum absolute atomic E-state index is 5.40. The van der Waals surface area contributed by atoms with Crippen molar-refractivity contribution in [2.45, 2.75) is 33.5 Å². The molecule has 0 aliphatic carbocycles. The quantitative estimate of drug-likeness (QED) is 0.547. The summed E-state index contributed by atoms with van der Waals surface area (Å²) in [5.74, 6) is 2.24. The van der Waals surface area contributed by atoms with Gasteiger partial charge in [0.05, 0.1) is 25.0 Å². The van der Waals surface area contributed by atoms with E-state index in [1.54, 1.807) is 7.11 Å². The predicted molar refractivity (Wildman–Crippen MR) is 123 cm³/mol. The van der Waals surface area contributed by atoms with E-state index in [0.29, 0.717) is 19.0 Å². The van der Waals surface area contributed by atoms with Crippen LogP contribution in [0.5, 0.6) is 5.88 Å². The topological polar surface area (TPSA) is 56.1 Å². The maximum Gasteiger partial charge on any atom is 0.213 e. The number of methoxy groups -OCH3 is 1. The zero-order chi connectivity index (χ0) is 21.8. The van der Waals surface area contributed by atoms with Gasteiger partial charge in [0, 0.05) is 24.7 Å². The van der Waals surface area contributed by atoms with Gasteiger partial charge in [0.1, 0.15) is 0 Å². The smallest absolute Gasteiger partial charge is 0.213 e. The molecule has 6 heteroatoms. The minimum absolute atomic E-state index is 0.598. The summed E-state index contributed by atoms with van der Waals surface area (Å²) in [6.07, 6.45) is 5.91. The minimum Gasteiger partial charge on any atom is -0.481 e. The van der Waals surface area contributed by atoms with Crippen LogP contribution in [0.3, 0.4) is 0 Å². The van der Waals surface area contributed by atoms with Crippen molar-refractivity contribution >= 4 is 5.57 Å². The fourth-order valence-electron chi connectivity index (χ4n) is 3.68. The highest BCUT2D eigenvalue weighted by atomic mass is 16.5. The second kappa shape index (κ2) is 9.10. The van der Waals surface area contributed by atoms with Crippen molar-refractivity contribution in [2.24, 2.45) is 0 Å². The van der Waals surface area contributed by atoms with Gasteiger partial charge in [-0.2, -0.15) is 0 Å². The molecule has 0 saturated carbocycles. The molecule has 0 saturated heterocycles. The summed E-state index contributed by atoms with van der Waals surface area (Å²) in [5, 5.41) is 9.08. The van der Waals surface area contributed by atoms with Crippen LogP contribution in [0.4, 0.5) is 0 Å². The summed E-state index contributed by atoms with van der Waals surface area (Å²) in [6.45, 7) is 10.3. The average molecular weight is 414 g/mol. The van der Waals surface area contributed by atoms with E-state index < -0.39 is 0 Å². The largest absolute Gasteiger partial charge is 0.481 e. The number of allylic oxidation sites excluding steroid dienone is 5. The molecule has 0 bridgehead atoms. The van der Waals surface area contributed by atoms with Crippen molar-refractivity contribution in [3.05, 3.63) is 95.8 Å². The first kappa shape index (κ1) is 20.8. The van der Waals surface area contributed by atoms with Crippen molar-refractivity contribution in [1.29, 1.82) is 0 Å². The molecule has 4 rings (SSSR count). The first-order valence-corrected chi connectivity index (χ1v) is 10.3. The summed E-state index contributed by atoms with van der Waals surface area (Å²) in [6, 6.07) is 14.3. The highest BCUT2D eigenvalue weighted by Gasteiger charge is 2.26. The van der Waals surface area contributed by atoms with Crippen molar-refractivity contribution in [1.82, 2.24) is 24.6 Å². The fourth-order valence-corrected chi connectivity index (χ4v) is 3.68. The number of rotatable bonds is 6. The molecule has 3 aromatic rings. The van der Waals surface area contributed by atoms with Gasteiger partial charge in [-0.05, 0) is 25.5 Å². The Morgan fingerprint density at radius 1 is 1.06 bits per heavy atom. The Labute approximate surface area is 183 Å². The summed E-state index contributed by atoms with van der Waals surface area (Å²) in [7, 11) is 1.64. The van der Waals surface area contributed by atoms with Gasteiger partial charge in [0.2, 0.25) is 5.88 Å². The first-order chi connectivity index (χ1) is 15.1. The molecule has 3 heterocycles. The molecule has 0 spiro atoms. The third kappa shape index (κ3) is 4.49. The number of aromatic nitrogens is 4. The molecule has 1 aliphatic heterocycles. The molecule has 158 valence electrons. The van der Waals surface area contributed by atoms with Crippen LogP contribution >= 0.6 is 0 Å². The average Bonchev–Trinajstić information content (AvgIpc) is 3.10. The highest BCUT2D eigenvalue weighted by Crippen LogP contribution is 2.29. The van der Waals surface area contributed by atoms with Gasteiger partial charge in [-0.25, -0.2) is 4.98 Å². The normalized spacial score (nSPS) is 13.7. The van der Waals surface area contributed by atoms with Gasteiger partial charge in [-0.3, -0.25) is 9.47 Å². The van der Waals surface area contributed by atoms with Crippen LogP contribution in [-0.2, 0) is 19.6 Å². The molecular formula is C25H27N5O. The van der Waals surface area contributed by atoms with Crippen LogP contribution in [0, 0.1) is 0 Å². The lowest BCUT2D eigenvalue weighted by atomic mass is 10.2. The summed E-state index contributed by atoms with van der Waals surface area (Å²) >= 11 is 0. The summed E-state index contributed by atoms with van der Waals surface area (Å²) in [5.41, 5.74) is 5.27. The Hall–Kier alpha value is -3.51. The lowest BCUT2D eigenvalue weighted by Crippen LogP contribution is -2.22. The molecular weight excluding hydrogens is 386 g/mol. The van der Waals surface area contributed by atoms with E-state index in [-0.39, 0.29) is 0 Å². The number of nitrogens with zero attached hydrogens (tertiary/aromatic N) is 5. The van der Waals surface area contributed by atoms with Gasteiger partial charge in [0.25, 0.3) is 0 Å². The molecule has 1 aromatic carbocycles. The van der Waals surface area contributed by atoms with Crippen LogP contribution < -0.4 is 4.74 Å². The van der Waals surface area contributed by atoms with E-state index in [1.807, 2.05) is 30.4 Å². The van der Waals surface area contributed by atoms with Gasteiger partial charge >= 0.3 is 0 Å². The third-order valence-corrected chi connectivity index (χ3v) is 5.17. The number of benzene rings is 1. The zero-order valence-electron chi connectivity index (χ0n) is 18.2. The summed E-state index contributed by atoms with van der Waals surface area (Å²) in [4.78, 5) is 7.09. The first-order valence-electron chi connectivity index (χ1n) is 10.3. The minimum atomic E-state index is 0.598. The van der Waals surface area contributed by atoms with Crippen LogP contribution in [0.25, 0.3) is 11.3 Å². The second-order valence-electron chi connectivity index (χ2n) is 7.80. The highest BCUT2D eigenvalue weighted by molar-refractivity contribution is 5.72. The Bertz CT molecular complexity index is 1140.